The van der Waals surface area contributed by atoms with Crippen molar-refractivity contribution in [2.45, 2.75) is 25.3 Å². The Bertz CT molecular complexity index is 1260. The molecule has 2 aliphatic heterocycles. The fourth-order valence-electron chi connectivity index (χ4n) is 5.41. The number of hydrogen-bond acceptors (Lipinski definition) is 5. The molecule has 3 aliphatic rings. The first-order chi connectivity index (χ1) is 14.6. The Labute approximate surface area is 179 Å². The second kappa shape index (κ2) is 6.68. The van der Waals surface area contributed by atoms with Crippen LogP contribution >= 0.6 is 11.6 Å². The van der Waals surface area contributed by atoms with E-state index in [2.05, 4.69) is 15.0 Å². The highest BCUT2D eigenvalue weighted by Gasteiger charge is 2.40. The van der Waals surface area contributed by atoms with Crippen LogP contribution in [-0.4, -0.2) is 43.9 Å². The zero-order valence-corrected chi connectivity index (χ0v) is 17.6. The number of nitrogens with two attached hydrogens (primary N) is 1. The lowest BCUT2D eigenvalue weighted by Crippen LogP contribution is -2.54. The molecule has 2 bridgehead atoms. The highest BCUT2D eigenvalue weighted by atomic mass is 35.5. The fraction of sp³-hybridized carbons (Fsp3) is 0.409. The van der Waals surface area contributed by atoms with Crippen molar-refractivity contribution in [2.75, 3.05) is 18.0 Å². The molecule has 7 nitrogen and oxygen atoms in total. The van der Waals surface area contributed by atoms with Gasteiger partial charge in [0.2, 0.25) is 0 Å². The van der Waals surface area contributed by atoms with Gasteiger partial charge in [-0.15, -0.1) is 0 Å². The monoisotopic (exact) mass is 421 g/mol. The third kappa shape index (κ3) is 2.65. The number of aromatic amines is 1. The lowest BCUT2D eigenvalue weighted by atomic mass is 9.72. The largest absolute Gasteiger partial charge is 0.352 e. The SMILES string of the molecule is Cn1cc2c(Cl)c(-c3c[nH]c4nc(N5CC6CC[C@H]5C[C@H]6CN)cnc34)ccc2n1. The number of hydrogen-bond donors (Lipinski definition) is 2. The van der Waals surface area contributed by atoms with Crippen molar-refractivity contribution in [1.29, 1.82) is 0 Å². The van der Waals surface area contributed by atoms with Crippen molar-refractivity contribution in [1.82, 2.24) is 24.7 Å². The van der Waals surface area contributed by atoms with Gasteiger partial charge in [0, 0.05) is 48.5 Å². The van der Waals surface area contributed by atoms with Crippen molar-refractivity contribution < 1.29 is 0 Å². The van der Waals surface area contributed by atoms with Gasteiger partial charge in [-0.1, -0.05) is 17.7 Å². The highest BCUT2D eigenvalue weighted by Crippen LogP contribution is 2.41. The summed E-state index contributed by atoms with van der Waals surface area (Å²) in [4.78, 5) is 15.5. The molecule has 1 aromatic carbocycles. The number of aryl methyl sites for hydroxylation is 1. The minimum absolute atomic E-state index is 0.521. The number of aromatic nitrogens is 5. The summed E-state index contributed by atoms with van der Waals surface area (Å²) >= 11 is 6.74. The van der Waals surface area contributed by atoms with E-state index in [0.717, 1.165) is 58.5 Å². The molecule has 0 radical (unpaired) electrons. The predicted octanol–water partition coefficient (Wildman–Crippen LogP) is 3.73. The number of halogens is 1. The summed E-state index contributed by atoms with van der Waals surface area (Å²) in [7, 11) is 1.90. The van der Waals surface area contributed by atoms with Crippen molar-refractivity contribution >= 4 is 39.5 Å². The molecule has 4 aromatic rings. The van der Waals surface area contributed by atoms with Gasteiger partial charge >= 0.3 is 0 Å². The molecular weight excluding hydrogens is 398 g/mol. The maximum atomic E-state index is 6.74. The number of anilines is 1. The van der Waals surface area contributed by atoms with Crippen LogP contribution in [0.1, 0.15) is 19.3 Å². The normalized spacial score (nSPS) is 23.7. The summed E-state index contributed by atoms with van der Waals surface area (Å²) in [6, 6.07) is 4.52. The van der Waals surface area contributed by atoms with Crippen LogP contribution in [0.2, 0.25) is 5.02 Å². The van der Waals surface area contributed by atoms with E-state index in [1.807, 2.05) is 37.8 Å². The van der Waals surface area contributed by atoms with E-state index in [0.29, 0.717) is 22.9 Å². The van der Waals surface area contributed by atoms with Crippen LogP contribution in [0.5, 0.6) is 0 Å². The fourth-order valence-corrected chi connectivity index (χ4v) is 5.72. The summed E-state index contributed by atoms with van der Waals surface area (Å²) in [5.74, 6) is 2.27. The second-order valence-electron chi connectivity index (χ2n) is 8.67. The number of rotatable bonds is 3. The van der Waals surface area contributed by atoms with Gasteiger partial charge in [0.1, 0.15) is 11.3 Å². The minimum Gasteiger partial charge on any atom is -0.352 e. The van der Waals surface area contributed by atoms with Gasteiger partial charge in [0.05, 0.1) is 16.7 Å². The first-order valence-corrected chi connectivity index (χ1v) is 10.9. The molecule has 2 saturated heterocycles. The zero-order valence-electron chi connectivity index (χ0n) is 16.8. The van der Waals surface area contributed by atoms with E-state index in [1.54, 1.807) is 4.68 Å². The molecular formula is C22H24ClN7. The molecule has 3 atom stereocenters. The predicted molar refractivity (Wildman–Crippen MR) is 120 cm³/mol. The molecule has 3 fully saturated rings. The maximum absolute atomic E-state index is 6.74. The molecule has 154 valence electrons. The van der Waals surface area contributed by atoms with Gasteiger partial charge in [-0.3, -0.25) is 4.68 Å². The third-order valence-corrected chi connectivity index (χ3v) is 7.38. The molecule has 0 spiro atoms. The van der Waals surface area contributed by atoms with Gasteiger partial charge in [0.25, 0.3) is 0 Å². The Morgan fingerprint density at radius 3 is 2.97 bits per heavy atom. The van der Waals surface area contributed by atoms with Crippen LogP contribution in [0, 0.1) is 11.8 Å². The molecule has 1 unspecified atom stereocenters. The van der Waals surface area contributed by atoms with Crippen LogP contribution in [0.15, 0.2) is 30.7 Å². The molecule has 5 heterocycles. The van der Waals surface area contributed by atoms with Gasteiger partial charge < -0.3 is 15.6 Å². The van der Waals surface area contributed by atoms with E-state index in [4.69, 9.17) is 27.3 Å². The molecule has 30 heavy (non-hydrogen) atoms. The Balaban J connectivity index is 1.38. The summed E-state index contributed by atoms with van der Waals surface area (Å²) in [6.07, 6.45) is 9.47. The average molecular weight is 422 g/mol. The number of fused-ring (bicyclic) bond motifs is 5. The first-order valence-electron chi connectivity index (χ1n) is 10.6. The van der Waals surface area contributed by atoms with Gasteiger partial charge in [-0.2, -0.15) is 5.10 Å². The second-order valence-corrected chi connectivity index (χ2v) is 9.04. The maximum Gasteiger partial charge on any atom is 0.159 e. The Hall–Kier alpha value is -2.64. The summed E-state index contributed by atoms with van der Waals surface area (Å²) in [5.41, 5.74) is 10.4. The Kier molecular flexibility index (Phi) is 4.05. The van der Waals surface area contributed by atoms with Crippen LogP contribution < -0.4 is 10.6 Å². The standard InChI is InChI=1S/C22H24ClN7/c1-29-11-17-18(28-29)5-4-15(20(17)23)16-8-26-22-21(16)25-9-19(27-22)30-10-12-2-3-14(30)6-13(12)7-24/h4-5,8-9,11-14H,2-3,6-7,10,24H2,1H3,(H,26,27)/t12?,13-,14-/m0/s1. The molecule has 3 aromatic heterocycles. The zero-order chi connectivity index (χ0) is 20.4. The summed E-state index contributed by atoms with van der Waals surface area (Å²) in [6.45, 7) is 1.82. The number of nitrogens with zero attached hydrogens (tertiary/aromatic N) is 5. The quantitative estimate of drug-likeness (QED) is 0.526. The lowest BCUT2D eigenvalue weighted by molar-refractivity contribution is 0.166. The average Bonchev–Trinajstić information content (AvgIpc) is 3.37. The summed E-state index contributed by atoms with van der Waals surface area (Å²) in [5, 5.41) is 6.06. The van der Waals surface area contributed by atoms with Gasteiger partial charge in [-0.25, -0.2) is 9.97 Å². The van der Waals surface area contributed by atoms with Crippen LogP contribution in [-0.2, 0) is 7.05 Å². The number of benzene rings is 1. The molecule has 1 aliphatic carbocycles. The van der Waals surface area contributed by atoms with E-state index in [-0.39, 0.29) is 0 Å². The van der Waals surface area contributed by atoms with Gasteiger partial charge in [-0.05, 0) is 43.7 Å². The number of nitrogens with one attached hydrogen (secondary N) is 1. The molecule has 0 amide bonds. The Morgan fingerprint density at radius 1 is 1.27 bits per heavy atom. The number of piperidine rings is 2. The lowest BCUT2D eigenvalue weighted by Gasteiger charge is -2.49. The van der Waals surface area contributed by atoms with Crippen LogP contribution in [0.3, 0.4) is 0 Å². The van der Waals surface area contributed by atoms with Crippen LogP contribution in [0.25, 0.3) is 33.2 Å². The smallest absolute Gasteiger partial charge is 0.159 e. The topological polar surface area (TPSA) is 88.7 Å². The van der Waals surface area contributed by atoms with Gasteiger partial charge in [0.15, 0.2) is 5.65 Å². The molecule has 1 saturated carbocycles. The number of H-pyrrole nitrogens is 1. The minimum atomic E-state index is 0.521. The van der Waals surface area contributed by atoms with Crippen molar-refractivity contribution in [3.63, 3.8) is 0 Å². The van der Waals surface area contributed by atoms with E-state index in [1.165, 1.54) is 12.8 Å². The van der Waals surface area contributed by atoms with Crippen LogP contribution in [0.4, 0.5) is 5.82 Å². The summed E-state index contributed by atoms with van der Waals surface area (Å²) < 4.78 is 1.78. The van der Waals surface area contributed by atoms with Crippen molar-refractivity contribution in [3.05, 3.63) is 35.7 Å². The molecule has 3 N–H and O–H groups in total. The molecule has 7 rings (SSSR count). The van der Waals surface area contributed by atoms with Crippen molar-refractivity contribution in [2.24, 2.45) is 24.6 Å². The molecule has 8 heteroatoms. The van der Waals surface area contributed by atoms with E-state index < -0.39 is 0 Å². The van der Waals surface area contributed by atoms with E-state index >= 15 is 0 Å². The third-order valence-electron chi connectivity index (χ3n) is 6.98. The highest BCUT2D eigenvalue weighted by molar-refractivity contribution is 6.38. The Morgan fingerprint density at radius 2 is 2.17 bits per heavy atom. The first kappa shape index (κ1) is 18.2. The van der Waals surface area contributed by atoms with Crippen molar-refractivity contribution in [3.8, 4) is 11.1 Å². The van der Waals surface area contributed by atoms with E-state index in [9.17, 15) is 0 Å².